The minimum absolute atomic E-state index is 0.0184. The molecular formula is C18H23N3OS. The van der Waals surface area contributed by atoms with Crippen molar-refractivity contribution in [2.45, 2.75) is 26.2 Å². The molecule has 23 heavy (non-hydrogen) atoms. The maximum atomic E-state index is 12.4. The van der Waals surface area contributed by atoms with Gasteiger partial charge in [0.2, 0.25) is 0 Å². The van der Waals surface area contributed by atoms with Crippen LogP contribution in [-0.2, 0) is 6.42 Å². The number of hydrogen-bond donors (Lipinski definition) is 2. The van der Waals surface area contributed by atoms with Gasteiger partial charge in [-0.2, -0.15) is 0 Å². The largest absolute Gasteiger partial charge is 0.351 e. The van der Waals surface area contributed by atoms with Gasteiger partial charge in [-0.15, -0.1) is 11.3 Å². The Morgan fingerprint density at radius 1 is 1.39 bits per heavy atom. The lowest BCUT2D eigenvalue weighted by Gasteiger charge is -2.22. The summed E-state index contributed by atoms with van der Waals surface area (Å²) in [6.07, 6.45) is 3.17. The number of aryl methyl sites for hydroxylation is 1. The second-order valence-electron chi connectivity index (χ2n) is 6.11. The van der Waals surface area contributed by atoms with Gasteiger partial charge in [0.1, 0.15) is 4.88 Å². The summed E-state index contributed by atoms with van der Waals surface area (Å²) >= 11 is 1.51. The van der Waals surface area contributed by atoms with E-state index in [-0.39, 0.29) is 5.91 Å². The summed E-state index contributed by atoms with van der Waals surface area (Å²) in [6, 6.07) is 10.2. The second kappa shape index (κ2) is 7.70. The van der Waals surface area contributed by atoms with Gasteiger partial charge >= 0.3 is 0 Å². The molecule has 122 valence electrons. The van der Waals surface area contributed by atoms with E-state index in [0.717, 1.165) is 41.6 Å². The third kappa shape index (κ3) is 4.39. The molecule has 1 aliphatic heterocycles. The maximum absolute atomic E-state index is 12.4. The molecule has 0 spiro atoms. The molecular weight excluding hydrogens is 306 g/mol. The van der Waals surface area contributed by atoms with E-state index >= 15 is 0 Å². The summed E-state index contributed by atoms with van der Waals surface area (Å²) < 4.78 is 0. The molecule has 0 radical (unpaired) electrons. The van der Waals surface area contributed by atoms with Crippen LogP contribution in [-0.4, -0.2) is 30.5 Å². The Balaban J connectivity index is 1.59. The van der Waals surface area contributed by atoms with Crippen molar-refractivity contribution < 1.29 is 4.79 Å². The Bertz CT molecular complexity index is 648. The Hall–Kier alpha value is -1.72. The Kier molecular flexibility index (Phi) is 5.41. The van der Waals surface area contributed by atoms with Crippen LogP contribution in [0.15, 0.2) is 30.3 Å². The van der Waals surface area contributed by atoms with E-state index in [0.29, 0.717) is 5.92 Å². The molecule has 1 atom stereocenters. The molecule has 5 heteroatoms. The zero-order valence-electron chi connectivity index (χ0n) is 13.5. The highest BCUT2D eigenvalue weighted by atomic mass is 32.1. The van der Waals surface area contributed by atoms with Crippen LogP contribution in [0.4, 0.5) is 0 Å². The number of hydrogen-bond acceptors (Lipinski definition) is 4. The molecule has 0 aliphatic carbocycles. The fourth-order valence-corrected chi connectivity index (χ4v) is 3.94. The van der Waals surface area contributed by atoms with Gasteiger partial charge in [0.15, 0.2) is 0 Å². The number of nitrogens with zero attached hydrogens (tertiary/aromatic N) is 1. The van der Waals surface area contributed by atoms with E-state index < -0.39 is 0 Å². The highest BCUT2D eigenvalue weighted by molar-refractivity contribution is 7.13. The number of carbonyl (C=O) groups is 1. The molecule has 1 unspecified atom stereocenters. The lowest BCUT2D eigenvalue weighted by atomic mass is 10.00. The topological polar surface area (TPSA) is 54.0 Å². The molecule has 1 saturated heterocycles. The van der Waals surface area contributed by atoms with Crippen LogP contribution in [0.1, 0.15) is 38.8 Å². The van der Waals surface area contributed by atoms with Crippen molar-refractivity contribution in [1.29, 1.82) is 0 Å². The molecule has 2 heterocycles. The summed E-state index contributed by atoms with van der Waals surface area (Å²) in [6.45, 7) is 4.77. The van der Waals surface area contributed by atoms with Gasteiger partial charge in [-0.1, -0.05) is 30.3 Å². The first-order chi connectivity index (χ1) is 11.2. The fraction of sp³-hybridized carbons (Fsp3) is 0.444. The zero-order valence-corrected chi connectivity index (χ0v) is 14.3. The van der Waals surface area contributed by atoms with Gasteiger partial charge in [-0.25, -0.2) is 4.98 Å². The van der Waals surface area contributed by atoms with E-state index in [1.54, 1.807) is 0 Å². The van der Waals surface area contributed by atoms with Crippen molar-refractivity contribution in [2.24, 2.45) is 5.92 Å². The lowest BCUT2D eigenvalue weighted by Crippen LogP contribution is -2.38. The molecule has 1 aromatic heterocycles. The predicted octanol–water partition coefficient (Wildman–Crippen LogP) is 2.77. The number of aromatic nitrogens is 1. The van der Waals surface area contributed by atoms with Crippen LogP contribution >= 0.6 is 11.3 Å². The van der Waals surface area contributed by atoms with Gasteiger partial charge in [-0.05, 0) is 44.3 Å². The summed E-state index contributed by atoms with van der Waals surface area (Å²) in [5.41, 5.74) is 2.06. The van der Waals surface area contributed by atoms with E-state index in [1.807, 2.05) is 25.1 Å². The third-order valence-electron chi connectivity index (χ3n) is 4.20. The maximum Gasteiger partial charge on any atom is 0.263 e. The van der Waals surface area contributed by atoms with Crippen LogP contribution in [0, 0.1) is 12.8 Å². The molecule has 1 aromatic carbocycles. The first-order valence-electron chi connectivity index (χ1n) is 8.21. The van der Waals surface area contributed by atoms with Crippen LogP contribution in [0.5, 0.6) is 0 Å². The van der Waals surface area contributed by atoms with Gasteiger partial charge < -0.3 is 10.6 Å². The first-order valence-corrected chi connectivity index (χ1v) is 9.03. The van der Waals surface area contributed by atoms with E-state index in [9.17, 15) is 4.79 Å². The Morgan fingerprint density at radius 2 is 2.22 bits per heavy atom. The molecule has 1 fully saturated rings. The van der Waals surface area contributed by atoms with Crippen LogP contribution in [0.25, 0.3) is 0 Å². The van der Waals surface area contributed by atoms with E-state index in [4.69, 9.17) is 0 Å². The molecule has 4 nitrogen and oxygen atoms in total. The quantitative estimate of drug-likeness (QED) is 0.887. The van der Waals surface area contributed by atoms with Crippen LogP contribution < -0.4 is 10.6 Å². The fourth-order valence-electron chi connectivity index (χ4n) is 2.92. The highest BCUT2D eigenvalue weighted by Crippen LogP contribution is 2.21. The van der Waals surface area contributed by atoms with Crippen molar-refractivity contribution in [3.05, 3.63) is 51.5 Å². The van der Waals surface area contributed by atoms with Gasteiger partial charge in [0.05, 0.1) is 10.7 Å². The summed E-state index contributed by atoms with van der Waals surface area (Å²) in [7, 11) is 0. The Labute approximate surface area is 141 Å². The predicted molar refractivity (Wildman–Crippen MR) is 94.0 cm³/mol. The lowest BCUT2D eigenvalue weighted by molar-refractivity contribution is 0.0948. The average molecular weight is 329 g/mol. The smallest absolute Gasteiger partial charge is 0.263 e. The molecule has 3 rings (SSSR count). The Morgan fingerprint density at radius 3 is 2.96 bits per heavy atom. The van der Waals surface area contributed by atoms with Crippen molar-refractivity contribution in [3.63, 3.8) is 0 Å². The van der Waals surface area contributed by atoms with Gasteiger partial charge in [-0.3, -0.25) is 4.79 Å². The van der Waals surface area contributed by atoms with Crippen molar-refractivity contribution in [2.75, 3.05) is 19.6 Å². The van der Waals surface area contributed by atoms with Crippen molar-refractivity contribution in [1.82, 2.24) is 15.6 Å². The van der Waals surface area contributed by atoms with E-state index in [2.05, 4.69) is 27.8 Å². The van der Waals surface area contributed by atoms with Crippen LogP contribution in [0.3, 0.4) is 0 Å². The normalized spacial score (nSPS) is 17.9. The first kappa shape index (κ1) is 16.1. The standard InChI is InChI=1S/C18H23N3OS/c1-13-17(18(22)20-12-15-8-5-9-19-11-15)23-16(21-13)10-14-6-3-2-4-7-14/h2-4,6-7,15,19H,5,8-12H2,1H3,(H,20,22). The SMILES string of the molecule is Cc1nc(Cc2ccccc2)sc1C(=O)NCC1CCCNC1. The molecule has 1 amide bonds. The summed E-state index contributed by atoms with van der Waals surface area (Å²) in [5, 5.41) is 7.46. The number of nitrogens with one attached hydrogen (secondary N) is 2. The van der Waals surface area contributed by atoms with Crippen LogP contribution in [0.2, 0.25) is 0 Å². The van der Waals surface area contributed by atoms with Gasteiger partial charge in [0.25, 0.3) is 5.91 Å². The number of rotatable bonds is 5. The molecule has 0 bridgehead atoms. The average Bonchev–Trinajstić information content (AvgIpc) is 2.95. The zero-order chi connectivity index (χ0) is 16.1. The summed E-state index contributed by atoms with van der Waals surface area (Å²) in [4.78, 5) is 17.7. The number of amides is 1. The highest BCUT2D eigenvalue weighted by Gasteiger charge is 2.18. The second-order valence-corrected chi connectivity index (χ2v) is 7.19. The molecule has 0 saturated carbocycles. The van der Waals surface area contributed by atoms with Crippen molar-refractivity contribution in [3.8, 4) is 0 Å². The van der Waals surface area contributed by atoms with E-state index in [1.165, 1.54) is 29.7 Å². The van der Waals surface area contributed by atoms with Crippen molar-refractivity contribution >= 4 is 17.2 Å². The number of thiazole rings is 1. The minimum atomic E-state index is 0.0184. The number of benzene rings is 1. The summed E-state index contributed by atoms with van der Waals surface area (Å²) in [5.74, 6) is 0.564. The monoisotopic (exact) mass is 329 g/mol. The molecule has 2 N–H and O–H groups in total. The number of carbonyl (C=O) groups excluding carboxylic acids is 1. The minimum Gasteiger partial charge on any atom is -0.351 e. The molecule has 2 aromatic rings. The van der Waals surface area contributed by atoms with Gasteiger partial charge in [0, 0.05) is 13.0 Å². The third-order valence-corrected chi connectivity index (χ3v) is 5.35. The molecule has 1 aliphatic rings. The number of piperidine rings is 1.